The summed E-state index contributed by atoms with van der Waals surface area (Å²) in [6.07, 6.45) is -3.90. The number of phenols is 1. The third-order valence-electron chi connectivity index (χ3n) is 4.14. The molecule has 0 aromatic heterocycles. The van der Waals surface area contributed by atoms with E-state index in [0.29, 0.717) is 6.42 Å². The Labute approximate surface area is 158 Å². The Morgan fingerprint density at radius 1 is 1.11 bits per heavy atom. The predicted molar refractivity (Wildman–Crippen MR) is 97.3 cm³/mol. The van der Waals surface area contributed by atoms with Crippen LogP contribution in [0.25, 0.3) is 0 Å². The number of hydrogen-bond acceptors (Lipinski definition) is 7. The van der Waals surface area contributed by atoms with Crippen molar-refractivity contribution in [2.75, 3.05) is 20.6 Å². The number of aliphatic carboxylic acids is 2. The minimum absolute atomic E-state index is 0.101. The lowest BCUT2D eigenvalue weighted by molar-refractivity contribution is -0.165. The van der Waals surface area contributed by atoms with Crippen LogP contribution in [-0.4, -0.2) is 80.3 Å². The maximum absolute atomic E-state index is 10.8. The maximum Gasteiger partial charge on any atom is 0.335 e. The molecule has 1 aromatic carbocycles. The van der Waals surface area contributed by atoms with Gasteiger partial charge in [0.25, 0.3) is 0 Å². The number of nitrogens with zero attached hydrogens (tertiary/aromatic N) is 1. The number of benzene rings is 1. The zero-order chi connectivity index (χ0) is 21.4. The van der Waals surface area contributed by atoms with Gasteiger partial charge in [-0.25, -0.2) is 9.59 Å². The van der Waals surface area contributed by atoms with Gasteiger partial charge < -0.3 is 35.5 Å². The summed E-state index contributed by atoms with van der Waals surface area (Å²) in [7, 11) is 3.99. The monoisotopic (exact) mass is 387 g/mol. The van der Waals surface area contributed by atoms with Crippen LogP contribution in [0.3, 0.4) is 0 Å². The number of hydrogen-bond donors (Lipinski definition) is 6. The number of aliphatic hydroxyl groups is 3. The van der Waals surface area contributed by atoms with Gasteiger partial charge in [0.1, 0.15) is 5.75 Å². The number of rotatable bonds is 8. The largest absolute Gasteiger partial charge is 0.508 e. The highest BCUT2D eigenvalue weighted by molar-refractivity contribution is 5.83. The molecule has 4 atom stereocenters. The molecule has 9 heteroatoms. The lowest BCUT2D eigenvalue weighted by atomic mass is 9.80. The van der Waals surface area contributed by atoms with Crippen molar-refractivity contribution in [2.45, 2.75) is 38.1 Å². The first-order valence-electron chi connectivity index (χ1n) is 8.35. The highest BCUT2D eigenvalue weighted by atomic mass is 16.4. The molecule has 0 fully saturated rings. The van der Waals surface area contributed by atoms with Gasteiger partial charge >= 0.3 is 11.9 Å². The van der Waals surface area contributed by atoms with Crippen LogP contribution < -0.4 is 0 Å². The van der Waals surface area contributed by atoms with E-state index in [0.717, 1.165) is 12.1 Å². The summed E-state index contributed by atoms with van der Waals surface area (Å²) < 4.78 is 0. The minimum atomic E-state index is -2.27. The first-order valence-corrected chi connectivity index (χ1v) is 8.35. The van der Waals surface area contributed by atoms with Gasteiger partial charge in [0, 0.05) is 12.5 Å². The molecule has 0 heterocycles. The molecule has 0 bridgehead atoms. The van der Waals surface area contributed by atoms with Gasteiger partial charge in [0.15, 0.2) is 12.2 Å². The molecule has 6 N–H and O–H groups in total. The molecule has 0 saturated heterocycles. The molecule has 0 aliphatic rings. The van der Waals surface area contributed by atoms with Crippen molar-refractivity contribution in [1.82, 2.24) is 4.90 Å². The number of carboxylic acids is 2. The first kappa shape index (κ1) is 24.8. The maximum atomic E-state index is 10.8. The summed E-state index contributed by atoms with van der Waals surface area (Å²) in [5.74, 6) is -3.24. The first-order chi connectivity index (χ1) is 12.4. The highest BCUT2D eigenvalue weighted by Gasteiger charge is 2.34. The van der Waals surface area contributed by atoms with Gasteiger partial charge in [-0.05, 0) is 38.2 Å². The number of aromatic hydroxyl groups is 1. The lowest BCUT2D eigenvalue weighted by Gasteiger charge is -2.35. The third-order valence-corrected chi connectivity index (χ3v) is 4.14. The second-order valence-corrected chi connectivity index (χ2v) is 6.56. The Morgan fingerprint density at radius 2 is 1.59 bits per heavy atom. The molecule has 27 heavy (non-hydrogen) atoms. The smallest absolute Gasteiger partial charge is 0.335 e. The summed E-state index contributed by atoms with van der Waals surface area (Å²) in [5, 5.41) is 52.8. The fourth-order valence-corrected chi connectivity index (χ4v) is 2.58. The van der Waals surface area contributed by atoms with Crippen molar-refractivity contribution in [1.29, 1.82) is 0 Å². The van der Waals surface area contributed by atoms with E-state index in [1.165, 1.54) is 0 Å². The molecular formula is C18H29NO8. The second-order valence-electron chi connectivity index (χ2n) is 6.56. The van der Waals surface area contributed by atoms with E-state index in [1.54, 1.807) is 18.2 Å². The molecule has 154 valence electrons. The Bertz CT molecular complexity index is 603. The van der Waals surface area contributed by atoms with Crippen molar-refractivity contribution >= 4 is 11.9 Å². The molecule has 0 spiro atoms. The van der Waals surface area contributed by atoms with E-state index in [4.69, 9.17) is 20.4 Å². The molecule has 0 saturated carbocycles. The van der Waals surface area contributed by atoms with Crippen molar-refractivity contribution in [3.63, 3.8) is 0 Å². The Hall–Kier alpha value is -2.20. The lowest BCUT2D eigenvalue weighted by Crippen LogP contribution is -2.39. The van der Waals surface area contributed by atoms with Crippen molar-refractivity contribution < 1.29 is 40.2 Å². The van der Waals surface area contributed by atoms with Crippen molar-refractivity contribution in [2.24, 2.45) is 5.92 Å². The van der Waals surface area contributed by atoms with Gasteiger partial charge in [-0.1, -0.05) is 26.0 Å². The second kappa shape index (κ2) is 10.8. The van der Waals surface area contributed by atoms with E-state index in [1.807, 2.05) is 34.0 Å². The normalized spacial score (nSPS) is 16.4. The number of aliphatic hydroxyl groups excluding tert-OH is 2. The van der Waals surface area contributed by atoms with Crippen molar-refractivity contribution in [3.8, 4) is 5.75 Å². The SMILES string of the molecule is CC[C@](O)(c1cccc(O)c1)[C@@H](C)CN(C)C.O=C(O)C(O)C(O)C(=O)O. The van der Waals surface area contributed by atoms with E-state index < -0.39 is 29.7 Å². The zero-order valence-corrected chi connectivity index (χ0v) is 15.9. The van der Waals surface area contributed by atoms with Gasteiger partial charge in [-0.2, -0.15) is 0 Å². The van der Waals surface area contributed by atoms with Gasteiger partial charge in [0.05, 0.1) is 5.60 Å². The summed E-state index contributed by atoms with van der Waals surface area (Å²) in [6, 6.07) is 6.91. The summed E-state index contributed by atoms with van der Waals surface area (Å²) in [5.41, 5.74) is -0.0995. The molecule has 0 aliphatic heterocycles. The molecular weight excluding hydrogens is 358 g/mol. The Kier molecular flexibility index (Phi) is 9.95. The van der Waals surface area contributed by atoms with Gasteiger partial charge in [-0.15, -0.1) is 0 Å². The molecule has 0 aliphatic carbocycles. The fourth-order valence-electron chi connectivity index (χ4n) is 2.58. The average Bonchev–Trinajstić information content (AvgIpc) is 2.59. The molecule has 9 nitrogen and oxygen atoms in total. The topological polar surface area (TPSA) is 159 Å². The quantitative estimate of drug-likeness (QED) is 0.363. The number of phenolic OH excluding ortho intramolecular Hbond substituents is 1. The molecule has 1 aromatic rings. The standard InChI is InChI=1S/C14H23NO2.C4H6O6/c1-5-14(17,11(2)10-15(3)4)12-7-6-8-13(16)9-12;5-1(3(7)8)2(6)4(9)10/h6-9,11,16-17H,5,10H2,1-4H3;1-2,5-6H,(H,7,8)(H,9,10)/t11-,14+;/m0./s1. The van der Waals surface area contributed by atoms with Gasteiger partial charge in [-0.3, -0.25) is 0 Å². The summed E-state index contributed by atoms with van der Waals surface area (Å²) in [6.45, 7) is 4.81. The van der Waals surface area contributed by atoms with Crippen molar-refractivity contribution in [3.05, 3.63) is 29.8 Å². The fraction of sp³-hybridized carbons (Fsp3) is 0.556. The minimum Gasteiger partial charge on any atom is -0.508 e. The van der Waals surface area contributed by atoms with Crippen LogP contribution in [0.1, 0.15) is 25.8 Å². The molecule has 0 radical (unpaired) electrons. The van der Waals surface area contributed by atoms with Crippen LogP contribution in [-0.2, 0) is 15.2 Å². The molecule has 2 unspecified atom stereocenters. The van der Waals surface area contributed by atoms with E-state index in [-0.39, 0.29) is 11.7 Å². The van der Waals surface area contributed by atoms with Crippen LogP contribution in [0, 0.1) is 5.92 Å². The average molecular weight is 387 g/mol. The summed E-state index contributed by atoms with van der Waals surface area (Å²) >= 11 is 0. The Morgan fingerprint density at radius 3 is 1.93 bits per heavy atom. The summed E-state index contributed by atoms with van der Waals surface area (Å²) in [4.78, 5) is 21.6. The number of carbonyl (C=O) groups is 2. The third kappa shape index (κ3) is 7.51. The highest BCUT2D eigenvalue weighted by Crippen LogP contribution is 2.34. The van der Waals surface area contributed by atoms with E-state index in [2.05, 4.69) is 4.90 Å². The predicted octanol–water partition coefficient (Wildman–Crippen LogP) is 0.0649. The van der Waals surface area contributed by atoms with Gasteiger partial charge in [0.2, 0.25) is 0 Å². The van der Waals surface area contributed by atoms with Crippen LogP contribution in [0.4, 0.5) is 0 Å². The van der Waals surface area contributed by atoms with Crippen LogP contribution >= 0.6 is 0 Å². The van der Waals surface area contributed by atoms with E-state index in [9.17, 15) is 19.8 Å². The number of carboxylic acid groups (broad SMARTS) is 2. The van der Waals surface area contributed by atoms with Crippen LogP contribution in [0.2, 0.25) is 0 Å². The van der Waals surface area contributed by atoms with Crippen LogP contribution in [0.5, 0.6) is 5.75 Å². The van der Waals surface area contributed by atoms with Crippen LogP contribution in [0.15, 0.2) is 24.3 Å². The van der Waals surface area contributed by atoms with E-state index >= 15 is 0 Å². The zero-order valence-electron chi connectivity index (χ0n) is 15.9. The molecule has 1 rings (SSSR count). The molecule has 0 amide bonds. The Balaban J connectivity index is 0.000000580.